The third-order valence-electron chi connectivity index (χ3n) is 4.19. The molecule has 29 heavy (non-hydrogen) atoms. The Bertz CT molecular complexity index is 1110. The number of nitrogens with one attached hydrogen (secondary N) is 2. The summed E-state index contributed by atoms with van der Waals surface area (Å²) >= 11 is 0. The molecule has 2 aromatic carbocycles. The van der Waals surface area contributed by atoms with Crippen molar-refractivity contribution >= 4 is 28.8 Å². The Kier molecular flexibility index (Phi) is 6.36. The number of rotatable bonds is 7. The molecule has 1 aromatic heterocycles. The first-order chi connectivity index (χ1) is 14.0. The Morgan fingerprint density at radius 3 is 2.76 bits per heavy atom. The van der Waals surface area contributed by atoms with Gasteiger partial charge in [-0.2, -0.15) is 0 Å². The number of ether oxygens (including phenoxy) is 1. The second-order valence-electron chi connectivity index (χ2n) is 6.24. The number of fused-ring (bicyclic) bond motifs is 1. The fourth-order valence-corrected chi connectivity index (χ4v) is 2.72. The molecule has 8 heteroatoms. The molecule has 0 unspecified atom stereocenters. The molecule has 1 heterocycles. The smallest absolute Gasteiger partial charge is 0.407 e. The minimum Gasteiger partial charge on any atom is -0.445 e. The number of hydrogen-bond donors (Lipinski definition) is 2. The van der Waals surface area contributed by atoms with Gasteiger partial charge < -0.3 is 15.0 Å². The first-order valence-corrected chi connectivity index (χ1v) is 8.95. The van der Waals surface area contributed by atoms with E-state index in [2.05, 4.69) is 10.3 Å². The first-order valence-electron chi connectivity index (χ1n) is 8.95. The van der Waals surface area contributed by atoms with Crippen molar-refractivity contribution in [2.45, 2.75) is 13.0 Å². The summed E-state index contributed by atoms with van der Waals surface area (Å²) in [6, 6.07) is 14.5. The van der Waals surface area contributed by atoms with Crippen LogP contribution in [0.4, 0.5) is 10.5 Å². The van der Waals surface area contributed by atoms with Crippen LogP contribution >= 0.6 is 0 Å². The Morgan fingerprint density at radius 2 is 2.00 bits per heavy atom. The lowest BCUT2D eigenvalue weighted by atomic mass is 10.1. The number of nitrogens with zero attached hydrogens (tertiary/aromatic N) is 1. The summed E-state index contributed by atoms with van der Waals surface area (Å²) in [6.07, 6.45) is 4.79. The van der Waals surface area contributed by atoms with Crippen molar-refractivity contribution in [2.24, 2.45) is 0 Å². The van der Waals surface area contributed by atoms with Gasteiger partial charge in [-0.25, -0.2) is 4.79 Å². The SMILES string of the molecule is O=C(NCCC=Cc1ccc2[nH]cc([N+](=O)[O-])c(=O)c2c1)OCc1ccccc1. The fourth-order valence-electron chi connectivity index (χ4n) is 2.72. The van der Waals surface area contributed by atoms with Crippen molar-refractivity contribution in [3.05, 3.63) is 92.3 Å². The minimum absolute atomic E-state index is 0.209. The highest BCUT2D eigenvalue weighted by atomic mass is 16.6. The molecule has 0 saturated carbocycles. The lowest BCUT2D eigenvalue weighted by Crippen LogP contribution is -2.24. The van der Waals surface area contributed by atoms with Gasteiger partial charge in [-0.3, -0.25) is 14.9 Å². The molecule has 2 N–H and O–H groups in total. The lowest BCUT2D eigenvalue weighted by Gasteiger charge is -2.05. The number of alkyl carbamates (subject to hydrolysis) is 1. The number of nitro groups is 1. The fraction of sp³-hybridized carbons (Fsp3) is 0.143. The third-order valence-corrected chi connectivity index (χ3v) is 4.19. The zero-order chi connectivity index (χ0) is 20.6. The van der Waals surface area contributed by atoms with Crippen molar-refractivity contribution < 1.29 is 14.5 Å². The van der Waals surface area contributed by atoms with Gasteiger partial charge in [0.25, 0.3) is 5.43 Å². The molecule has 0 fully saturated rings. The standard InChI is InChI=1S/C21H19N3O5/c25-20-17-12-15(9-10-18(17)23-13-19(20)24(27)28)6-4-5-11-22-21(26)29-14-16-7-2-1-3-8-16/h1-4,6-10,12-13H,5,11,14H2,(H,22,26)(H,23,25). The number of hydrogen-bond acceptors (Lipinski definition) is 5. The molecule has 0 bridgehead atoms. The van der Waals surface area contributed by atoms with Crippen LogP contribution in [0.1, 0.15) is 17.5 Å². The number of carbonyl (C=O) groups excluding carboxylic acids is 1. The topological polar surface area (TPSA) is 114 Å². The molecule has 3 rings (SSSR count). The van der Waals surface area contributed by atoms with Gasteiger partial charge in [0.1, 0.15) is 6.61 Å². The van der Waals surface area contributed by atoms with Crippen LogP contribution < -0.4 is 10.7 Å². The van der Waals surface area contributed by atoms with E-state index in [1.54, 1.807) is 24.3 Å². The van der Waals surface area contributed by atoms with Gasteiger partial charge in [-0.1, -0.05) is 48.6 Å². The average Bonchev–Trinajstić information content (AvgIpc) is 2.73. The maximum atomic E-state index is 12.2. The summed E-state index contributed by atoms with van der Waals surface area (Å²) in [5.41, 5.74) is 1.06. The molecule has 0 spiro atoms. The van der Waals surface area contributed by atoms with Crippen LogP contribution in [-0.2, 0) is 11.3 Å². The van der Waals surface area contributed by atoms with Crippen LogP contribution in [0.15, 0.2) is 65.6 Å². The molecule has 0 saturated heterocycles. The maximum Gasteiger partial charge on any atom is 0.407 e. The monoisotopic (exact) mass is 393 g/mol. The van der Waals surface area contributed by atoms with Gasteiger partial charge in [0.15, 0.2) is 0 Å². The van der Waals surface area contributed by atoms with Gasteiger partial charge in [0, 0.05) is 12.1 Å². The number of aromatic nitrogens is 1. The molecule has 0 aliphatic rings. The van der Waals surface area contributed by atoms with Gasteiger partial charge >= 0.3 is 11.8 Å². The van der Waals surface area contributed by atoms with E-state index in [0.717, 1.165) is 17.3 Å². The molecule has 3 aromatic rings. The van der Waals surface area contributed by atoms with E-state index in [-0.39, 0.29) is 12.0 Å². The minimum atomic E-state index is -0.705. The third kappa shape index (κ3) is 5.29. The van der Waals surface area contributed by atoms with E-state index in [1.165, 1.54) is 0 Å². The van der Waals surface area contributed by atoms with Crippen molar-refractivity contribution in [3.8, 4) is 0 Å². The van der Waals surface area contributed by atoms with Crippen LogP contribution in [0, 0.1) is 10.1 Å². The second kappa shape index (κ2) is 9.32. The van der Waals surface area contributed by atoms with Gasteiger partial charge in [0.2, 0.25) is 0 Å². The molecule has 1 amide bonds. The lowest BCUT2D eigenvalue weighted by molar-refractivity contribution is -0.386. The first kappa shape index (κ1) is 19.8. The Labute approximate surface area is 166 Å². The van der Waals surface area contributed by atoms with E-state index >= 15 is 0 Å². The van der Waals surface area contributed by atoms with Gasteiger partial charge in [-0.15, -0.1) is 0 Å². The highest BCUT2D eigenvalue weighted by Gasteiger charge is 2.14. The average molecular weight is 393 g/mol. The summed E-state index contributed by atoms with van der Waals surface area (Å²) in [7, 11) is 0. The van der Waals surface area contributed by atoms with Crippen LogP contribution in [-0.4, -0.2) is 22.5 Å². The molecular formula is C21H19N3O5. The van der Waals surface area contributed by atoms with Crippen molar-refractivity contribution in [3.63, 3.8) is 0 Å². The predicted molar refractivity (Wildman–Crippen MR) is 110 cm³/mol. The summed E-state index contributed by atoms with van der Waals surface area (Å²) in [5, 5.41) is 13.8. The number of pyridine rings is 1. The van der Waals surface area contributed by atoms with Gasteiger partial charge in [-0.05, 0) is 29.7 Å². The van der Waals surface area contributed by atoms with E-state index in [1.807, 2.05) is 36.4 Å². The zero-order valence-electron chi connectivity index (χ0n) is 15.5. The van der Waals surface area contributed by atoms with Crippen LogP contribution in [0.25, 0.3) is 17.0 Å². The normalized spacial score (nSPS) is 10.9. The summed E-state index contributed by atoms with van der Waals surface area (Å²) in [6.45, 7) is 0.601. The Balaban J connectivity index is 1.51. The van der Waals surface area contributed by atoms with E-state index in [4.69, 9.17) is 4.74 Å². The van der Waals surface area contributed by atoms with Crippen molar-refractivity contribution in [1.29, 1.82) is 0 Å². The van der Waals surface area contributed by atoms with E-state index < -0.39 is 22.1 Å². The highest BCUT2D eigenvalue weighted by Crippen LogP contribution is 2.15. The van der Waals surface area contributed by atoms with Crippen molar-refractivity contribution in [2.75, 3.05) is 6.54 Å². The molecular weight excluding hydrogens is 374 g/mol. The van der Waals surface area contributed by atoms with Crippen LogP contribution in [0.3, 0.4) is 0 Å². The van der Waals surface area contributed by atoms with Crippen LogP contribution in [0.2, 0.25) is 0 Å². The summed E-state index contributed by atoms with van der Waals surface area (Å²) in [4.78, 5) is 36.8. The molecule has 0 atom stereocenters. The number of benzene rings is 2. The molecule has 0 aliphatic carbocycles. The number of aromatic amines is 1. The second-order valence-corrected chi connectivity index (χ2v) is 6.24. The molecule has 0 aliphatic heterocycles. The number of amides is 1. The van der Waals surface area contributed by atoms with Crippen molar-refractivity contribution in [1.82, 2.24) is 10.3 Å². The van der Waals surface area contributed by atoms with E-state index in [9.17, 15) is 19.7 Å². The highest BCUT2D eigenvalue weighted by molar-refractivity contribution is 5.82. The number of H-pyrrole nitrogens is 1. The van der Waals surface area contributed by atoms with E-state index in [0.29, 0.717) is 18.5 Å². The molecule has 0 radical (unpaired) electrons. The maximum absolute atomic E-state index is 12.2. The molecule has 148 valence electrons. The largest absolute Gasteiger partial charge is 0.445 e. The van der Waals surface area contributed by atoms with Gasteiger partial charge in [0.05, 0.1) is 16.5 Å². The Hall–Kier alpha value is -3.94. The summed E-state index contributed by atoms with van der Waals surface area (Å²) < 4.78 is 5.12. The quantitative estimate of drug-likeness (QED) is 0.360. The number of carbonyl (C=O) groups is 1. The Morgan fingerprint density at radius 1 is 1.21 bits per heavy atom. The van der Waals surface area contributed by atoms with Crippen LogP contribution in [0.5, 0.6) is 0 Å². The predicted octanol–water partition coefficient (Wildman–Crippen LogP) is 3.77. The zero-order valence-corrected chi connectivity index (χ0v) is 15.5. The summed E-state index contributed by atoms with van der Waals surface area (Å²) in [5.74, 6) is 0. The molecule has 8 nitrogen and oxygen atoms in total.